The average Bonchev–Trinajstić information content (AvgIpc) is 3.05. The van der Waals surface area contributed by atoms with Crippen molar-refractivity contribution in [2.45, 2.75) is 105 Å². The number of nitrogens with zero attached hydrogens (tertiary/aromatic N) is 2. The zero-order chi connectivity index (χ0) is 42.8. The third-order valence-corrected chi connectivity index (χ3v) is 6.84. The summed E-state index contributed by atoms with van der Waals surface area (Å²) in [5.41, 5.74) is -2.04. The lowest BCUT2D eigenvalue weighted by molar-refractivity contribution is -0.133. The van der Waals surface area contributed by atoms with Crippen molar-refractivity contribution in [3.63, 3.8) is 0 Å². The highest BCUT2D eigenvalue weighted by atomic mass is 16.6. The molecule has 0 aromatic carbocycles. The Labute approximate surface area is 331 Å². The number of alkyl carbamates (subject to hydrolysis) is 3. The van der Waals surface area contributed by atoms with E-state index in [1.54, 1.807) is 62.3 Å². The molecule has 0 saturated heterocycles. The van der Waals surface area contributed by atoms with Crippen LogP contribution < -0.4 is 37.2 Å². The van der Waals surface area contributed by atoms with Crippen molar-refractivity contribution in [3.8, 4) is 0 Å². The van der Waals surface area contributed by atoms with Crippen LogP contribution in [0.25, 0.3) is 0 Å². The van der Waals surface area contributed by atoms with E-state index in [1.165, 1.54) is 9.80 Å². The van der Waals surface area contributed by atoms with Crippen LogP contribution in [0, 0.1) is 0 Å². The van der Waals surface area contributed by atoms with Gasteiger partial charge in [-0.15, -0.1) is 0 Å². The van der Waals surface area contributed by atoms with Gasteiger partial charge in [0.15, 0.2) is 0 Å². The number of rotatable bonds is 25. The predicted molar refractivity (Wildman–Crippen MR) is 207 cm³/mol. The van der Waals surface area contributed by atoms with Gasteiger partial charge in [-0.05, 0) is 62.3 Å². The van der Waals surface area contributed by atoms with E-state index in [0.717, 1.165) is 0 Å². The first-order valence-electron chi connectivity index (χ1n) is 18.9. The molecule has 0 spiro atoms. The summed E-state index contributed by atoms with van der Waals surface area (Å²) in [5.74, 6) is -1.32. The van der Waals surface area contributed by atoms with Crippen molar-refractivity contribution in [2.75, 3.05) is 78.5 Å². The quantitative estimate of drug-likeness (QED) is 0.0375. The Balaban J connectivity index is 4.55. The Hall–Kier alpha value is -4.88. The zero-order valence-corrected chi connectivity index (χ0v) is 34.8. The van der Waals surface area contributed by atoms with E-state index in [4.69, 9.17) is 14.2 Å². The van der Waals surface area contributed by atoms with Gasteiger partial charge in [0, 0.05) is 104 Å². The smallest absolute Gasteiger partial charge is 0.407 e. The van der Waals surface area contributed by atoms with E-state index in [2.05, 4.69) is 37.2 Å². The normalized spacial score (nSPS) is 11.3. The first-order valence-corrected chi connectivity index (χ1v) is 18.9. The van der Waals surface area contributed by atoms with E-state index >= 15 is 0 Å². The van der Waals surface area contributed by atoms with Crippen molar-refractivity contribution in [3.05, 3.63) is 0 Å². The molecule has 0 aliphatic rings. The number of carbonyl (C=O) groups excluding carboxylic acids is 8. The molecule has 0 bridgehead atoms. The Kier molecular flexibility index (Phi) is 24.5. The van der Waals surface area contributed by atoms with Gasteiger partial charge >= 0.3 is 18.3 Å². The van der Waals surface area contributed by atoms with Crippen molar-refractivity contribution < 1.29 is 52.6 Å². The maximum atomic E-state index is 13.0. The molecule has 0 heterocycles. The molecule has 20 nitrogen and oxygen atoms in total. The predicted octanol–water partition coefficient (Wildman–Crippen LogP) is 0.346. The Morgan fingerprint density at radius 1 is 0.446 bits per heavy atom. The summed E-state index contributed by atoms with van der Waals surface area (Å²) >= 11 is 0. The van der Waals surface area contributed by atoms with Crippen LogP contribution in [-0.4, -0.2) is 153 Å². The summed E-state index contributed by atoms with van der Waals surface area (Å²) in [6, 6.07) is 0. The highest BCUT2D eigenvalue weighted by molar-refractivity contribution is 5.84. The number of amides is 8. The van der Waals surface area contributed by atoms with E-state index in [-0.39, 0.29) is 115 Å². The topological polar surface area (TPSA) is 255 Å². The lowest BCUT2D eigenvalue weighted by atomic mass is 10.2. The molecule has 0 atom stereocenters. The zero-order valence-electron chi connectivity index (χ0n) is 34.8. The Bertz CT molecular complexity index is 1230. The maximum Gasteiger partial charge on any atom is 0.407 e. The van der Waals surface area contributed by atoms with Gasteiger partial charge < -0.3 is 61.2 Å². The second-order valence-electron chi connectivity index (χ2n) is 15.6. The van der Waals surface area contributed by atoms with Crippen LogP contribution in [0.1, 0.15) is 88.0 Å². The molecule has 56 heavy (non-hydrogen) atoms. The fourth-order valence-electron chi connectivity index (χ4n) is 4.44. The average molecular weight is 802 g/mol. The molecule has 0 saturated carbocycles. The molecule has 0 aromatic rings. The fraction of sp³-hybridized carbons (Fsp3) is 0.778. The fourth-order valence-corrected chi connectivity index (χ4v) is 4.44. The molecular formula is C36H67N9O11. The maximum absolute atomic E-state index is 13.0. The summed E-state index contributed by atoms with van der Waals surface area (Å²) in [6.45, 7) is 18.1. The number of ether oxygens (including phenoxy) is 3. The minimum Gasteiger partial charge on any atom is -0.444 e. The minimum atomic E-state index is -0.687. The summed E-state index contributed by atoms with van der Waals surface area (Å²) < 4.78 is 15.6. The highest BCUT2D eigenvalue weighted by Crippen LogP contribution is 2.08. The molecule has 0 fully saturated rings. The van der Waals surface area contributed by atoms with Crippen LogP contribution in [0.4, 0.5) is 14.4 Å². The first-order chi connectivity index (χ1) is 26.0. The lowest BCUT2D eigenvalue weighted by Gasteiger charge is -2.25. The van der Waals surface area contributed by atoms with Crippen LogP contribution >= 0.6 is 0 Å². The summed E-state index contributed by atoms with van der Waals surface area (Å²) in [7, 11) is 0. The molecule has 0 aliphatic carbocycles. The summed E-state index contributed by atoms with van der Waals surface area (Å²) in [5, 5.41) is 18.8. The van der Waals surface area contributed by atoms with Crippen molar-refractivity contribution in [1.29, 1.82) is 0 Å². The van der Waals surface area contributed by atoms with E-state index in [9.17, 15) is 38.4 Å². The molecule has 0 aromatic heterocycles. The summed E-state index contributed by atoms with van der Waals surface area (Å²) in [4.78, 5) is 99.9. The van der Waals surface area contributed by atoms with Gasteiger partial charge in [0.1, 0.15) is 16.8 Å². The third kappa shape index (κ3) is 30.4. The van der Waals surface area contributed by atoms with Gasteiger partial charge in [0.05, 0.1) is 0 Å². The molecule has 20 heteroatoms. The van der Waals surface area contributed by atoms with Crippen LogP contribution in [0.15, 0.2) is 0 Å². The first kappa shape index (κ1) is 51.1. The van der Waals surface area contributed by atoms with Gasteiger partial charge in [0.2, 0.25) is 30.0 Å². The molecule has 0 aliphatic heterocycles. The van der Waals surface area contributed by atoms with Gasteiger partial charge in [0.25, 0.3) is 0 Å². The second-order valence-corrected chi connectivity index (χ2v) is 15.6. The molecule has 0 unspecified atom stereocenters. The molecule has 322 valence electrons. The van der Waals surface area contributed by atoms with Gasteiger partial charge in [-0.3, -0.25) is 24.0 Å². The largest absolute Gasteiger partial charge is 0.444 e. The van der Waals surface area contributed by atoms with Crippen LogP contribution in [0.5, 0.6) is 0 Å². The van der Waals surface area contributed by atoms with Crippen LogP contribution in [-0.2, 0) is 38.2 Å². The van der Waals surface area contributed by atoms with Crippen LogP contribution in [0.3, 0.4) is 0 Å². The highest BCUT2D eigenvalue weighted by Gasteiger charge is 2.21. The molecular weight excluding hydrogens is 734 g/mol. The lowest BCUT2D eigenvalue weighted by Crippen LogP contribution is -2.44. The minimum absolute atomic E-state index is 0.0529. The Morgan fingerprint density at radius 2 is 0.768 bits per heavy atom. The van der Waals surface area contributed by atoms with Gasteiger partial charge in [-0.1, -0.05) is 0 Å². The molecule has 0 radical (unpaired) electrons. The number of carbonyl (C=O) groups is 8. The molecule has 7 N–H and O–H groups in total. The van der Waals surface area contributed by atoms with Crippen LogP contribution in [0.2, 0.25) is 0 Å². The standard InChI is InChI=1S/C36H67N9O11/c1-34(2,3)54-31(51)41-19-23-44(22-18-38-26-46)29(49)12-10-27(47)39-16-14-37-15-17-40-28(48)11-13-30(50)45(24-20-42-32(52)55-35(4,5)6)25-21-43-33(53)56-36(7,8)9/h26,37H,10-25H2,1-9H3,(H,38,46)(H,39,47)(H,40,48)(H,41,51)(H,42,52)(H,43,53). The monoisotopic (exact) mass is 801 g/mol. The number of hydrogen-bond donors (Lipinski definition) is 7. The second kappa shape index (κ2) is 26.8. The van der Waals surface area contributed by atoms with Crippen molar-refractivity contribution >= 4 is 48.3 Å². The van der Waals surface area contributed by atoms with E-state index < -0.39 is 35.1 Å². The third-order valence-electron chi connectivity index (χ3n) is 6.84. The molecule has 8 amide bonds. The van der Waals surface area contributed by atoms with Crippen molar-refractivity contribution in [1.82, 2.24) is 47.0 Å². The Morgan fingerprint density at radius 3 is 1.07 bits per heavy atom. The van der Waals surface area contributed by atoms with Gasteiger partial charge in [-0.25, -0.2) is 14.4 Å². The number of nitrogens with one attached hydrogen (secondary N) is 7. The van der Waals surface area contributed by atoms with E-state index in [0.29, 0.717) is 19.5 Å². The SMILES string of the molecule is CC(C)(C)OC(=O)NCCN(CCNC=O)C(=O)CCC(=O)NCCNCCNC(=O)CCC(=O)N(CCNC(=O)OC(C)(C)C)CCNC(=O)OC(C)(C)C. The summed E-state index contributed by atoms with van der Waals surface area (Å²) in [6.07, 6.45) is -1.65. The molecule has 0 rings (SSSR count). The van der Waals surface area contributed by atoms with Gasteiger partial charge in [-0.2, -0.15) is 0 Å². The number of hydrogen-bond acceptors (Lipinski definition) is 12. The van der Waals surface area contributed by atoms with E-state index in [1.807, 2.05) is 0 Å². The van der Waals surface area contributed by atoms with Crippen molar-refractivity contribution in [2.24, 2.45) is 0 Å².